The summed E-state index contributed by atoms with van der Waals surface area (Å²) >= 11 is 1.27. The minimum absolute atomic E-state index is 0.0547. The van der Waals surface area contributed by atoms with E-state index in [2.05, 4.69) is 5.32 Å². The Morgan fingerprint density at radius 3 is 2.79 bits per heavy atom. The monoisotopic (exact) mass is 352 g/mol. The zero-order chi connectivity index (χ0) is 16.9. The molecule has 2 aliphatic rings. The molecular weight excluding hydrogens is 336 g/mol. The molecule has 24 heavy (non-hydrogen) atoms. The Labute approximate surface area is 142 Å². The standard InChI is InChI=1S/C15H16N2O6S/c18-13(17-4-3-16-15(17)20)8-23-14(19)9-24-10-1-2-11-12(7-10)22-6-5-21-11/h1-2,7H,3-6,8-9H2,(H,16,20). The summed E-state index contributed by atoms with van der Waals surface area (Å²) in [4.78, 5) is 36.7. The molecule has 1 aromatic rings. The number of nitrogens with zero attached hydrogens (tertiary/aromatic N) is 1. The fourth-order valence-electron chi connectivity index (χ4n) is 2.23. The zero-order valence-electron chi connectivity index (χ0n) is 12.8. The van der Waals surface area contributed by atoms with Crippen LogP contribution in [0.15, 0.2) is 23.1 Å². The van der Waals surface area contributed by atoms with Crippen molar-refractivity contribution in [3.05, 3.63) is 18.2 Å². The highest BCUT2D eigenvalue weighted by Gasteiger charge is 2.26. The molecule has 128 valence electrons. The number of fused-ring (bicyclic) bond motifs is 1. The second-order valence-corrected chi connectivity index (χ2v) is 6.08. The van der Waals surface area contributed by atoms with Crippen LogP contribution in [0, 0.1) is 0 Å². The third-order valence-electron chi connectivity index (χ3n) is 3.38. The number of thioether (sulfide) groups is 1. The SMILES string of the molecule is O=C(CSc1ccc2c(c1)OCCO2)OCC(=O)N1CCNC1=O. The summed E-state index contributed by atoms with van der Waals surface area (Å²) in [5.74, 6) is 0.335. The van der Waals surface area contributed by atoms with Gasteiger partial charge in [-0.15, -0.1) is 11.8 Å². The molecule has 3 rings (SSSR count). The van der Waals surface area contributed by atoms with E-state index in [-0.39, 0.29) is 5.75 Å². The van der Waals surface area contributed by atoms with Crippen molar-refractivity contribution < 1.29 is 28.6 Å². The van der Waals surface area contributed by atoms with Crippen LogP contribution in [0.2, 0.25) is 0 Å². The van der Waals surface area contributed by atoms with Gasteiger partial charge in [-0.2, -0.15) is 0 Å². The lowest BCUT2D eigenvalue weighted by Crippen LogP contribution is -2.37. The Balaban J connectivity index is 1.44. The van der Waals surface area contributed by atoms with Crippen molar-refractivity contribution in [3.8, 4) is 11.5 Å². The van der Waals surface area contributed by atoms with Crippen LogP contribution in [0.25, 0.3) is 0 Å². The maximum Gasteiger partial charge on any atom is 0.324 e. The zero-order valence-corrected chi connectivity index (χ0v) is 13.6. The average Bonchev–Trinajstić information content (AvgIpc) is 3.03. The molecule has 1 fully saturated rings. The Kier molecular flexibility index (Phi) is 5.09. The second kappa shape index (κ2) is 7.43. The van der Waals surface area contributed by atoms with E-state index in [1.54, 1.807) is 12.1 Å². The molecule has 0 unspecified atom stereocenters. The fraction of sp³-hybridized carbons (Fsp3) is 0.400. The van der Waals surface area contributed by atoms with Crippen LogP contribution in [0.3, 0.4) is 0 Å². The topological polar surface area (TPSA) is 94.2 Å². The van der Waals surface area contributed by atoms with Gasteiger partial charge in [-0.25, -0.2) is 4.79 Å². The van der Waals surface area contributed by atoms with E-state index < -0.39 is 24.5 Å². The summed E-state index contributed by atoms with van der Waals surface area (Å²) in [7, 11) is 0. The number of carbonyl (C=O) groups excluding carboxylic acids is 3. The van der Waals surface area contributed by atoms with Gasteiger partial charge in [0.25, 0.3) is 5.91 Å². The number of rotatable bonds is 5. The van der Waals surface area contributed by atoms with Gasteiger partial charge in [-0.05, 0) is 18.2 Å². The first-order chi connectivity index (χ1) is 11.6. The van der Waals surface area contributed by atoms with Crippen LogP contribution in [-0.4, -0.2) is 61.5 Å². The quantitative estimate of drug-likeness (QED) is 0.614. The molecule has 1 N–H and O–H groups in total. The van der Waals surface area contributed by atoms with Crippen LogP contribution in [0.5, 0.6) is 11.5 Å². The molecule has 1 aromatic carbocycles. The number of amides is 3. The number of benzene rings is 1. The van der Waals surface area contributed by atoms with Crippen molar-refractivity contribution in [1.29, 1.82) is 0 Å². The first kappa shape index (κ1) is 16.4. The molecule has 0 aromatic heterocycles. The number of nitrogens with one attached hydrogen (secondary N) is 1. The molecule has 3 amide bonds. The number of urea groups is 1. The highest BCUT2D eigenvalue weighted by Crippen LogP contribution is 2.34. The Bertz CT molecular complexity index is 665. The molecule has 0 saturated carbocycles. The summed E-state index contributed by atoms with van der Waals surface area (Å²) in [5.41, 5.74) is 0. The summed E-state index contributed by atoms with van der Waals surface area (Å²) in [6.07, 6.45) is 0. The highest BCUT2D eigenvalue weighted by molar-refractivity contribution is 8.00. The summed E-state index contributed by atoms with van der Waals surface area (Å²) in [5, 5.41) is 2.51. The van der Waals surface area contributed by atoms with E-state index in [4.69, 9.17) is 14.2 Å². The van der Waals surface area contributed by atoms with Gasteiger partial charge in [0.15, 0.2) is 18.1 Å². The van der Waals surface area contributed by atoms with E-state index in [0.29, 0.717) is 37.8 Å². The summed E-state index contributed by atoms with van der Waals surface area (Å²) < 4.78 is 15.8. The molecule has 0 bridgehead atoms. The maximum atomic E-state index is 11.7. The normalized spacial score (nSPS) is 15.8. The van der Waals surface area contributed by atoms with Gasteiger partial charge >= 0.3 is 12.0 Å². The van der Waals surface area contributed by atoms with E-state index in [9.17, 15) is 14.4 Å². The maximum absolute atomic E-state index is 11.7. The van der Waals surface area contributed by atoms with Crippen molar-refractivity contribution >= 4 is 29.7 Å². The van der Waals surface area contributed by atoms with Crippen molar-refractivity contribution in [3.63, 3.8) is 0 Å². The molecule has 0 atom stereocenters. The molecule has 0 aliphatic carbocycles. The lowest BCUT2D eigenvalue weighted by atomic mass is 10.3. The number of ether oxygens (including phenoxy) is 3. The summed E-state index contributed by atoms with van der Waals surface area (Å²) in [6, 6.07) is 4.95. The van der Waals surface area contributed by atoms with E-state index in [0.717, 1.165) is 9.80 Å². The minimum atomic E-state index is -0.525. The number of esters is 1. The first-order valence-electron chi connectivity index (χ1n) is 7.40. The van der Waals surface area contributed by atoms with Crippen LogP contribution in [0.4, 0.5) is 4.79 Å². The molecule has 8 nitrogen and oxygen atoms in total. The predicted octanol–water partition coefficient (Wildman–Crippen LogP) is 0.645. The van der Waals surface area contributed by atoms with Gasteiger partial charge < -0.3 is 19.5 Å². The third-order valence-corrected chi connectivity index (χ3v) is 4.35. The smallest absolute Gasteiger partial charge is 0.324 e. The minimum Gasteiger partial charge on any atom is -0.486 e. The average molecular weight is 352 g/mol. The number of hydrogen-bond acceptors (Lipinski definition) is 7. The van der Waals surface area contributed by atoms with Crippen LogP contribution in [0.1, 0.15) is 0 Å². The van der Waals surface area contributed by atoms with Gasteiger partial charge in [0.2, 0.25) is 0 Å². The van der Waals surface area contributed by atoms with Crippen LogP contribution < -0.4 is 14.8 Å². The number of carbonyl (C=O) groups is 3. The van der Waals surface area contributed by atoms with Crippen LogP contribution >= 0.6 is 11.8 Å². The molecule has 1 saturated heterocycles. The number of hydrogen-bond donors (Lipinski definition) is 1. The van der Waals surface area contributed by atoms with Gasteiger partial charge in [0.1, 0.15) is 13.2 Å². The lowest BCUT2D eigenvalue weighted by molar-refractivity contribution is -0.148. The Hall–Kier alpha value is -2.42. The number of imide groups is 1. The Morgan fingerprint density at radius 2 is 2.04 bits per heavy atom. The Morgan fingerprint density at radius 1 is 1.25 bits per heavy atom. The van der Waals surface area contributed by atoms with Gasteiger partial charge in [-0.1, -0.05) is 0 Å². The molecule has 0 radical (unpaired) electrons. The fourth-order valence-corrected chi connectivity index (χ4v) is 2.95. The van der Waals surface area contributed by atoms with Crippen molar-refractivity contribution in [2.75, 3.05) is 38.7 Å². The van der Waals surface area contributed by atoms with Crippen molar-refractivity contribution in [2.24, 2.45) is 0 Å². The van der Waals surface area contributed by atoms with Crippen molar-refractivity contribution in [2.45, 2.75) is 4.90 Å². The van der Waals surface area contributed by atoms with Crippen molar-refractivity contribution in [1.82, 2.24) is 10.2 Å². The largest absolute Gasteiger partial charge is 0.486 e. The third kappa shape index (κ3) is 3.91. The van der Waals surface area contributed by atoms with Gasteiger partial charge in [0, 0.05) is 18.0 Å². The summed E-state index contributed by atoms with van der Waals surface area (Å²) in [6.45, 7) is 1.29. The lowest BCUT2D eigenvalue weighted by Gasteiger charge is -2.18. The molecule has 2 aliphatic heterocycles. The van der Waals surface area contributed by atoms with Crippen LogP contribution in [-0.2, 0) is 14.3 Å². The first-order valence-corrected chi connectivity index (χ1v) is 8.38. The molecule has 0 spiro atoms. The van der Waals surface area contributed by atoms with E-state index >= 15 is 0 Å². The van der Waals surface area contributed by atoms with Gasteiger partial charge in [0.05, 0.1) is 5.75 Å². The second-order valence-electron chi connectivity index (χ2n) is 5.03. The van der Waals surface area contributed by atoms with E-state index in [1.165, 1.54) is 11.8 Å². The van der Waals surface area contributed by atoms with E-state index in [1.807, 2.05) is 6.07 Å². The molecular formula is C15H16N2O6S. The predicted molar refractivity (Wildman–Crippen MR) is 84.2 cm³/mol. The molecule has 9 heteroatoms. The molecule has 2 heterocycles. The highest BCUT2D eigenvalue weighted by atomic mass is 32.2. The van der Waals surface area contributed by atoms with Gasteiger partial charge in [-0.3, -0.25) is 14.5 Å².